The van der Waals surface area contributed by atoms with Gasteiger partial charge in [-0.05, 0) is 56.9 Å². The summed E-state index contributed by atoms with van der Waals surface area (Å²) < 4.78 is 7.42. The molecule has 0 saturated carbocycles. The maximum absolute atomic E-state index is 12.3. The Kier molecular flexibility index (Phi) is 5.53. The quantitative estimate of drug-likeness (QED) is 0.428. The Hall–Kier alpha value is -1.59. The van der Waals surface area contributed by atoms with E-state index in [1.807, 2.05) is 6.92 Å². The van der Waals surface area contributed by atoms with E-state index in [0.717, 1.165) is 11.0 Å². The first-order chi connectivity index (χ1) is 14.2. The highest BCUT2D eigenvalue weighted by molar-refractivity contribution is 7.97. The van der Waals surface area contributed by atoms with Crippen LogP contribution in [0.1, 0.15) is 32.6 Å². The van der Waals surface area contributed by atoms with E-state index < -0.39 is 0 Å². The standard InChI is InChI=1S/C24H29NO2S2/c1-2-27-24(26)17-25-22-9-7-18(28-11-3-4-12-28)15-20(22)21-16-19(8-10-23(21)25)29-13-5-6-14-29/h7-10,15-16H,2-6,11-14,17H2,1H3/q+2. The number of carbonyl (C=O) groups is 1. The van der Waals surface area contributed by atoms with Crippen LogP contribution in [0.4, 0.5) is 0 Å². The van der Waals surface area contributed by atoms with Gasteiger partial charge in [-0.3, -0.25) is 4.79 Å². The Balaban J connectivity index is 1.65. The maximum Gasteiger partial charge on any atom is 0.325 e. The molecule has 2 saturated heterocycles. The van der Waals surface area contributed by atoms with Gasteiger partial charge in [0.1, 0.15) is 29.6 Å². The van der Waals surface area contributed by atoms with Gasteiger partial charge in [0, 0.05) is 44.7 Å². The Morgan fingerprint density at radius 3 is 1.79 bits per heavy atom. The van der Waals surface area contributed by atoms with Crippen molar-refractivity contribution in [1.29, 1.82) is 0 Å². The zero-order chi connectivity index (χ0) is 19.8. The number of hydrogen-bond donors (Lipinski definition) is 0. The van der Waals surface area contributed by atoms with Crippen LogP contribution in [0.2, 0.25) is 0 Å². The van der Waals surface area contributed by atoms with Gasteiger partial charge in [-0.25, -0.2) is 0 Å². The lowest BCUT2D eigenvalue weighted by Crippen LogP contribution is -2.13. The van der Waals surface area contributed by atoms with Gasteiger partial charge < -0.3 is 9.30 Å². The fraction of sp³-hybridized carbons (Fsp3) is 0.458. The summed E-state index contributed by atoms with van der Waals surface area (Å²) in [5.41, 5.74) is 2.32. The van der Waals surface area contributed by atoms with Crippen LogP contribution >= 0.6 is 0 Å². The van der Waals surface area contributed by atoms with E-state index >= 15 is 0 Å². The van der Waals surface area contributed by atoms with E-state index in [2.05, 4.69) is 41.0 Å². The van der Waals surface area contributed by atoms with Gasteiger partial charge in [-0.1, -0.05) is 0 Å². The molecule has 0 bridgehead atoms. The number of ether oxygens (including phenoxy) is 1. The molecular weight excluding hydrogens is 398 g/mol. The molecule has 0 atom stereocenters. The average Bonchev–Trinajstić information content (AvgIpc) is 3.49. The summed E-state index contributed by atoms with van der Waals surface area (Å²) in [6.45, 7) is 2.58. The number of fused-ring (bicyclic) bond motifs is 3. The van der Waals surface area contributed by atoms with Crippen molar-refractivity contribution in [3.05, 3.63) is 36.4 Å². The zero-order valence-corrected chi connectivity index (χ0v) is 18.7. The predicted molar refractivity (Wildman–Crippen MR) is 125 cm³/mol. The van der Waals surface area contributed by atoms with Crippen molar-refractivity contribution in [2.24, 2.45) is 0 Å². The molecule has 3 aromatic rings. The van der Waals surface area contributed by atoms with Crippen molar-refractivity contribution in [1.82, 2.24) is 4.57 Å². The highest BCUT2D eigenvalue weighted by Gasteiger charge is 2.30. The van der Waals surface area contributed by atoms with E-state index in [4.69, 9.17) is 4.74 Å². The van der Waals surface area contributed by atoms with E-state index in [1.165, 1.54) is 69.3 Å². The monoisotopic (exact) mass is 427 g/mol. The SMILES string of the molecule is CCOC(=O)Cn1c2ccc([S+]3CCCC3)cc2c2cc([S+]3CCCC3)ccc21. The molecule has 1 aromatic heterocycles. The number of aromatic nitrogens is 1. The highest BCUT2D eigenvalue weighted by Crippen LogP contribution is 2.35. The third kappa shape index (κ3) is 3.68. The fourth-order valence-electron chi connectivity index (χ4n) is 4.71. The van der Waals surface area contributed by atoms with E-state index in [0.29, 0.717) is 28.4 Å². The van der Waals surface area contributed by atoms with Gasteiger partial charge in [0.05, 0.1) is 17.6 Å². The predicted octanol–water partition coefficient (Wildman–Crippen LogP) is 4.90. The average molecular weight is 428 g/mol. The van der Waals surface area contributed by atoms with Gasteiger partial charge in [0.15, 0.2) is 9.79 Å². The summed E-state index contributed by atoms with van der Waals surface area (Å²) in [5.74, 6) is 5.18. The van der Waals surface area contributed by atoms with Gasteiger partial charge in [-0.15, -0.1) is 0 Å². The normalized spacial score (nSPS) is 18.2. The van der Waals surface area contributed by atoms with E-state index in [-0.39, 0.29) is 12.5 Å². The van der Waals surface area contributed by atoms with Crippen molar-refractivity contribution >= 4 is 49.6 Å². The molecule has 3 nitrogen and oxygen atoms in total. The van der Waals surface area contributed by atoms with Gasteiger partial charge in [0.2, 0.25) is 0 Å². The number of hydrogen-bond acceptors (Lipinski definition) is 2. The molecule has 2 aliphatic rings. The van der Waals surface area contributed by atoms with Gasteiger partial charge in [-0.2, -0.15) is 0 Å². The molecule has 3 heterocycles. The van der Waals surface area contributed by atoms with Gasteiger partial charge in [0.25, 0.3) is 0 Å². The van der Waals surface area contributed by atoms with Crippen LogP contribution in [0.25, 0.3) is 21.8 Å². The molecule has 2 aliphatic heterocycles. The second kappa shape index (κ2) is 8.27. The smallest absolute Gasteiger partial charge is 0.325 e. The third-order valence-electron chi connectivity index (χ3n) is 6.13. The number of carbonyl (C=O) groups excluding carboxylic acids is 1. The molecular formula is C24H29NO2S2+2. The lowest BCUT2D eigenvalue weighted by molar-refractivity contribution is -0.143. The van der Waals surface area contributed by atoms with Crippen molar-refractivity contribution in [3.8, 4) is 0 Å². The summed E-state index contributed by atoms with van der Waals surface area (Å²) in [5, 5.41) is 2.62. The van der Waals surface area contributed by atoms with Crippen LogP contribution in [0.15, 0.2) is 46.2 Å². The minimum Gasteiger partial charge on any atom is -0.465 e. The largest absolute Gasteiger partial charge is 0.465 e. The minimum absolute atomic E-state index is 0.158. The molecule has 0 spiro atoms. The Morgan fingerprint density at radius 1 is 0.862 bits per heavy atom. The van der Waals surface area contributed by atoms with Crippen LogP contribution in [0.5, 0.6) is 0 Å². The van der Waals surface area contributed by atoms with Crippen LogP contribution in [-0.4, -0.2) is 40.2 Å². The maximum atomic E-state index is 12.3. The first-order valence-corrected chi connectivity index (χ1v) is 13.9. The molecule has 0 aliphatic carbocycles. The topological polar surface area (TPSA) is 31.2 Å². The van der Waals surface area contributed by atoms with Crippen LogP contribution in [0.3, 0.4) is 0 Å². The first kappa shape index (κ1) is 19.4. The van der Waals surface area contributed by atoms with Gasteiger partial charge >= 0.3 is 5.97 Å². The number of esters is 1. The summed E-state index contributed by atoms with van der Waals surface area (Å²) in [6.07, 6.45) is 5.44. The van der Waals surface area contributed by atoms with Crippen molar-refractivity contribution in [2.45, 2.75) is 48.9 Å². The van der Waals surface area contributed by atoms with Crippen molar-refractivity contribution < 1.29 is 9.53 Å². The zero-order valence-electron chi connectivity index (χ0n) is 17.1. The highest BCUT2D eigenvalue weighted by atomic mass is 32.2. The van der Waals surface area contributed by atoms with E-state index in [9.17, 15) is 4.79 Å². The molecule has 0 unspecified atom stereocenters. The summed E-state index contributed by atoms with van der Waals surface area (Å²) in [4.78, 5) is 15.3. The first-order valence-electron chi connectivity index (χ1n) is 10.8. The molecule has 29 heavy (non-hydrogen) atoms. The number of rotatable bonds is 5. The Morgan fingerprint density at radius 2 is 1.34 bits per heavy atom. The molecule has 5 heteroatoms. The molecule has 0 amide bonds. The van der Waals surface area contributed by atoms with Crippen LogP contribution < -0.4 is 0 Å². The Bertz CT molecular complexity index is 973. The molecule has 5 rings (SSSR count). The summed E-state index contributed by atoms with van der Waals surface area (Å²) >= 11 is 0. The second-order valence-corrected chi connectivity index (χ2v) is 12.5. The molecule has 0 radical (unpaired) electrons. The Labute approximate surface area is 178 Å². The summed E-state index contributed by atoms with van der Waals surface area (Å²) in [7, 11) is 0.799. The van der Waals surface area contributed by atoms with Crippen LogP contribution in [-0.2, 0) is 37.9 Å². The number of nitrogens with zero attached hydrogens (tertiary/aromatic N) is 1. The molecule has 2 fully saturated rings. The number of benzene rings is 2. The van der Waals surface area contributed by atoms with E-state index in [1.54, 1.807) is 0 Å². The lowest BCUT2D eigenvalue weighted by atomic mass is 10.1. The summed E-state index contributed by atoms with van der Waals surface area (Å²) in [6, 6.07) is 13.9. The minimum atomic E-state index is -0.158. The van der Waals surface area contributed by atoms with Crippen molar-refractivity contribution in [3.63, 3.8) is 0 Å². The fourth-order valence-corrected chi connectivity index (χ4v) is 9.36. The van der Waals surface area contributed by atoms with Crippen LogP contribution in [0, 0.1) is 0 Å². The van der Waals surface area contributed by atoms with Crippen molar-refractivity contribution in [2.75, 3.05) is 29.6 Å². The lowest BCUT2D eigenvalue weighted by Gasteiger charge is -2.07. The molecule has 152 valence electrons. The second-order valence-electron chi connectivity index (χ2n) is 7.97. The third-order valence-corrected chi connectivity index (χ3v) is 11.1. The molecule has 0 N–H and O–H groups in total. The molecule has 2 aromatic carbocycles.